The maximum atomic E-state index is 13.7. The van der Waals surface area contributed by atoms with E-state index in [1.54, 1.807) is 22.9 Å². The van der Waals surface area contributed by atoms with E-state index in [0.717, 1.165) is 11.3 Å². The third-order valence-electron chi connectivity index (χ3n) is 3.30. The van der Waals surface area contributed by atoms with Gasteiger partial charge < -0.3 is 5.11 Å². The molecule has 2 rings (SSSR count). The second-order valence-corrected chi connectivity index (χ2v) is 6.17. The lowest BCUT2D eigenvalue weighted by atomic mass is 9.87. The molecular formula is C16H21FN2O. The van der Waals surface area contributed by atoms with Gasteiger partial charge in [-0.3, -0.25) is 4.68 Å². The van der Waals surface area contributed by atoms with E-state index in [9.17, 15) is 9.50 Å². The van der Waals surface area contributed by atoms with Crippen LogP contribution < -0.4 is 0 Å². The average molecular weight is 276 g/mol. The number of hydrogen-bond donors (Lipinski definition) is 1. The summed E-state index contributed by atoms with van der Waals surface area (Å²) in [6.45, 7) is 6.15. The molecule has 0 fully saturated rings. The quantitative estimate of drug-likeness (QED) is 0.935. The molecule has 1 unspecified atom stereocenters. The molecule has 0 saturated carbocycles. The summed E-state index contributed by atoms with van der Waals surface area (Å²) in [6, 6.07) is 6.54. The van der Waals surface area contributed by atoms with Crippen LogP contribution in [0.4, 0.5) is 4.39 Å². The number of hydrogen-bond acceptors (Lipinski definition) is 2. The van der Waals surface area contributed by atoms with E-state index in [1.807, 2.05) is 13.2 Å². The monoisotopic (exact) mass is 276 g/mol. The number of aromatic nitrogens is 2. The van der Waals surface area contributed by atoms with Crippen LogP contribution in [0.3, 0.4) is 0 Å². The molecular weight excluding hydrogens is 255 g/mol. The van der Waals surface area contributed by atoms with Crippen molar-refractivity contribution in [2.75, 3.05) is 0 Å². The molecule has 1 heterocycles. The Morgan fingerprint density at radius 1 is 1.30 bits per heavy atom. The van der Waals surface area contributed by atoms with E-state index in [1.165, 1.54) is 6.07 Å². The van der Waals surface area contributed by atoms with Crippen LogP contribution in [0.25, 0.3) is 0 Å². The molecule has 0 amide bonds. The third-order valence-corrected chi connectivity index (χ3v) is 3.30. The van der Waals surface area contributed by atoms with Gasteiger partial charge in [-0.05, 0) is 11.6 Å². The van der Waals surface area contributed by atoms with Gasteiger partial charge in [-0.2, -0.15) is 5.10 Å². The molecule has 4 heteroatoms. The second-order valence-electron chi connectivity index (χ2n) is 6.17. The number of nitrogens with zero attached hydrogens (tertiary/aromatic N) is 2. The van der Waals surface area contributed by atoms with Crippen molar-refractivity contribution in [3.8, 4) is 0 Å². The summed E-state index contributed by atoms with van der Waals surface area (Å²) in [6.07, 6.45) is 1.31. The van der Waals surface area contributed by atoms with Crippen molar-refractivity contribution >= 4 is 0 Å². The molecule has 108 valence electrons. The Morgan fingerprint density at radius 3 is 2.55 bits per heavy atom. The smallest absolute Gasteiger partial charge is 0.126 e. The molecule has 3 nitrogen and oxygen atoms in total. The van der Waals surface area contributed by atoms with Gasteiger partial charge in [0, 0.05) is 30.6 Å². The van der Waals surface area contributed by atoms with Crippen LogP contribution in [0.15, 0.2) is 30.5 Å². The lowest BCUT2D eigenvalue weighted by molar-refractivity contribution is 0.174. The Kier molecular flexibility index (Phi) is 3.95. The van der Waals surface area contributed by atoms with Gasteiger partial charge in [-0.25, -0.2) is 4.39 Å². The highest BCUT2D eigenvalue weighted by atomic mass is 19.1. The van der Waals surface area contributed by atoms with Gasteiger partial charge in [0.25, 0.3) is 0 Å². The van der Waals surface area contributed by atoms with Crippen molar-refractivity contribution in [2.45, 2.75) is 38.7 Å². The minimum atomic E-state index is -0.755. The summed E-state index contributed by atoms with van der Waals surface area (Å²) < 4.78 is 15.4. The van der Waals surface area contributed by atoms with E-state index in [4.69, 9.17) is 0 Å². The van der Waals surface area contributed by atoms with Crippen LogP contribution in [-0.4, -0.2) is 14.9 Å². The Bertz CT molecular complexity index is 599. The lowest BCUT2D eigenvalue weighted by Gasteiger charge is -2.20. The van der Waals surface area contributed by atoms with Crippen LogP contribution in [0.1, 0.15) is 43.7 Å². The number of aryl methyl sites for hydroxylation is 1. The molecule has 0 radical (unpaired) electrons. The minimum Gasteiger partial charge on any atom is -0.388 e. The first-order chi connectivity index (χ1) is 9.29. The summed E-state index contributed by atoms with van der Waals surface area (Å²) in [5.74, 6) is -0.284. The van der Waals surface area contributed by atoms with Gasteiger partial charge in [0.05, 0.1) is 11.8 Å². The highest BCUT2D eigenvalue weighted by Gasteiger charge is 2.26. The minimum absolute atomic E-state index is 0.160. The Labute approximate surface area is 119 Å². The predicted molar refractivity (Wildman–Crippen MR) is 77.0 cm³/mol. The summed E-state index contributed by atoms with van der Waals surface area (Å²) in [5.41, 5.74) is 1.98. The molecule has 0 bridgehead atoms. The van der Waals surface area contributed by atoms with Crippen molar-refractivity contribution < 1.29 is 9.50 Å². The molecule has 20 heavy (non-hydrogen) atoms. The highest BCUT2D eigenvalue weighted by Crippen LogP contribution is 2.30. The molecule has 1 atom stereocenters. The Morgan fingerprint density at radius 2 is 1.95 bits per heavy atom. The molecule has 0 aliphatic carbocycles. The van der Waals surface area contributed by atoms with Gasteiger partial charge in [0.15, 0.2) is 0 Å². The third kappa shape index (κ3) is 3.07. The summed E-state index contributed by atoms with van der Waals surface area (Å²) in [5, 5.41) is 14.9. The second kappa shape index (κ2) is 5.37. The van der Waals surface area contributed by atoms with E-state index in [2.05, 4.69) is 25.9 Å². The SMILES string of the molecule is Cn1cc(C(O)Cc2ccccc2F)c(C(C)(C)C)n1. The fourth-order valence-corrected chi connectivity index (χ4v) is 2.32. The maximum Gasteiger partial charge on any atom is 0.126 e. The predicted octanol–water partition coefficient (Wildman–Crippen LogP) is 3.13. The largest absolute Gasteiger partial charge is 0.388 e. The topological polar surface area (TPSA) is 38.0 Å². The van der Waals surface area contributed by atoms with E-state index in [0.29, 0.717) is 5.56 Å². The van der Waals surface area contributed by atoms with Gasteiger partial charge in [-0.15, -0.1) is 0 Å². The molecule has 1 N–H and O–H groups in total. The van der Waals surface area contributed by atoms with Crippen LogP contribution in [0.2, 0.25) is 0 Å². The van der Waals surface area contributed by atoms with Gasteiger partial charge in [0.1, 0.15) is 5.82 Å². The fourth-order valence-electron chi connectivity index (χ4n) is 2.32. The number of rotatable bonds is 3. The number of halogens is 1. The average Bonchev–Trinajstić information content (AvgIpc) is 2.74. The first-order valence-electron chi connectivity index (χ1n) is 6.74. The normalized spacial score (nSPS) is 13.5. The fraction of sp³-hybridized carbons (Fsp3) is 0.438. The molecule has 0 aliphatic rings. The number of aliphatic hydroxyl groups is 1. The van der Waals surface area contributed by atoms with Crippen molar-refractivity contribution in [2.24, 2.45) is 7.05 Å². The zero-order valence-corrected chi connectivity index (χ0v) is 12.4. The van der Waals surface area contributed by atoms with E-state index < -0.39 is 6.10 Å². The van der Waals surface area contributed by atoms with Crippen LogP contribution in [0.5, 0.6) is 0 Å². The summed E-state index contributed by atoms with van der Waals surface area (Å²) in [7, 11) is 1.83. The van der Waals surface area contributed by atoms with Crippen molar-refractivity contribution in [1.29, 1.82) is 0 Å². The van der Waals surface area contributed by atoms with Gasteiger partial charge in [-0.1, -0.05) is 39.0 Å². The van der Waals surface area contributed by atoms with Crippen molar-refractivity contribution in [1.82, 2.24) is 9.78 Å². The van der Waals surface area contributed by atoms with E-state index in [-0.39, 0.29) is 17.7 Å². The molecule has 1 aromatic carbocycles. The summed E-state index contributed by atoms with van der Waals surface area (Å²) >= 11 is 0. The van der Waals surface area contributed by atoms with Crippen LogP contribution in [0, 0.1) is 5.82 Å². The van der Waals surface area contributed by atoms with Gasteiger partial charge in [0.2, 0.25) is 0 Å². The molecule has 0 saturated heterocycles. The standard InChI is InChI=1S/C16H21FN2O/c1-16(2,3)15-12(10-19(4)18-15)14(20)9-11-7-5-6-8-13(11)17/h5-8,10,14,20H,9H2,1-4H3. The van der Waals surface area contributed by atoms with Crippen molar-refractivity contribution in [3.63, 3.8) is 0 Å². The first kappa shape index (κ1) is 14.7. The Balaban J connectivity index is 2.30. The zero-order chi connectivity index (χ0) is 14.9. The zero-order valence-electron chi connectivity index (χ0n) is 12.4. The summed E-state index contributed by atoms with van der Waals surface area (Å²) in [4.78, 5) is 0. The van der Waals surface area contributed by atoms with Crippen molar-refractivity contribution in [3.05, 3.63) is 53.1 Å². The van der Waals surface area contributed by atoms with Gasteiger partial charge >= 0.3 is 0 Å². The Hall–Kier alpha value is -1.68. The molecule has 0 spiro atoms. The first-order valence-corrected chi connectivity index (χ1v) is 6.74. The number of aliphatic hydroxyl groups excluding tert-OH is 1. The maximum absolute atomic E-state index is 13.7. The highest BCUT2D eigenvalue weighted by molar-refractivity contribution is 5.28. The molecule has 2 aromatic rings. The van der Waals surface area contributed by atoms with Crippen LogP contribution >= 0.6 is 0 Å². The lowest BCUT2D eigenvalue weighted by Crippen LogP contribution is -2.17. The van der Waals surface area contributed by atoms with E-state index >= 15 is 0 Å². The van der Waals surface area contributed by atoms with Crippen LogP contribution in [-0.2, 0) is 18.9 Å². The number of benzene rings is 1. The molecule has 1 aromatic heterocycles. The molecule has 0 aliphatic heterocycles.